The highest BCUT2D eigenvalue weighted by Gasteiger charge is 2.20. The van der Waals surface area contributed by atoms with Gasteiger partial charge in [0.1, 0.15) is 11.5 Å². The number of ether oxygens (including phenoxy) is 1. The van der Waals surface area contributed by atoms with Gasteiger partial charge < -0.3 is 9.30 Å². The van der Waals surface area contributed by atoms with Gasteiger partial charge in [0, 0.05) is 22.7 Å². The van der Waals surface area contributed by atoms with Gasteiger partial charge in [-0.05, 0) is 25.1 Å². The van der Waals surface area contributed by atoms with Crippen LogP contribution < -0.4 is 0 Å². The molecule has 0 unspecified atom stereocenters. The summed E-state index contributed by atoms with van der Waals surface area (Å²) in [5.41, 5.74) is 3.38. The van der Waals surface area contributed by atoms with Crippen molar-refractivity contribution in [1.29, 1.82) is 0 Å². The summed E-state index contributed by atoms with van der Waals surface area (Å²) in [5, 5.41) is 0.978. The minimum Gasteiger partial charge on any atom is -0.461 e. The van der Waals surface area contributed by atoms with Crippen molar-refractivity contribution >= 4 is 16.9 Å². The number of halogens is 1. The smallest absolute Gasteiger partial charge is 0.354 e. The van der Waals surface area contributed by atoms with Crippen LogP contribution in [-0.4, -0.2) is 22.1 Å². The second-order valence-corrected chi connectivity index (χ2v) is 6.03. The number of benzene rings is 2. The molecule has 26 heavy (non-hydrogen) atoms. The predicted molar refractivity (Wildman–Crippen MR) is 97.8 cm³/mol. The Hall–Kier alpha value is -3.21. The fourth-order valence-electron chi connectivity index (χ4n) is 3.14. The zero-order valence-corrected chi connectivity index (χ0v) is 14.3. The van der Waals surface area contributed by atoms with Crippen LogP contribution in [0.15, 0.2) is 60.8 Å². The highest BCUT2D eigenvalue weighted by Crippen LogP contribution is 2.32. The molecule has 2 aliphatic rings. The third-order valence-corrected chi connectivity index (χ3v) is 4.36. The molecule has 2 aromatic rings. The maximum Gasteiger partial charge on any atom is 0.354 e. The number of carbonyl (C=O) groups excluding carboxylic acids is 1. The number of carbonyl (C=O) groups is 1. The summed E-state index contributed by atoms with van der Waals surface area (Å²) in [4.78, 5) is 17.1. The third kappa shape index (κ3) is 2.81. The molecule has 5 heteroatoms. The first-order chi connectivity index (χ1) is 12.7. The van der Waals surface area contributed by atoms with Gasteiger partial charge in [-0.15, -0.1) is 0 Å². The second kappa shape index (κ2) is 6.59. The molecule has 4 rings (SSSR count). The maximum absolute atomic E-state index is 14.1. The lowest BCUT2D eigenvalue weighted by molar-refractivity contribution is 0.0513. The quantitative estimate of drug-likeness (QED) is 0.510. The van der Waals surface area contributed by atoms with Crippen molar-refractivity contribution in [1.82, 2.24) is 9.55 Å². The second-order valence-electron chi connectivity index (χ2n) is 6.03. The Balaban J connectivity index is 1.90. The Morgan fingerprint density at radius 2 is 1.92 bits per heavy atom. The van der Waals surface area contributed by atoms with E-state index in [0.29, 0.717) is 11.3 Å². The molecule has 0 spiro atoms. The summed E-state index contributed by atoms with van der Waals surface area (Å²) in [7, 11) is 0. The lowest BCUT2D eigenvalue weighted by Gasteiger charge is -2.15. The van der Waals surface area contributed by atoms with Crippen LogP contribution in [0.5, 0.6) is 0 Å². The van der Waals surface area contributed by atoms with Crippen LogP contribution >= 0.6 is 0 Å². The molecule has 0 fully saturated rings. The summed E-state index contributed by atoms with van der Waals surface area (Å²) in [6.45, 7) is 2.26. The highest BCUT2D eigenvalue weighted by molar-refractivity contribution is 6.00. The van der Waals surface area contributed by atoms with Gasteiger partial charge in [0.15, 0.2) is 0 Å². The molecule has 0 saturated carbocycles. The Kier molecular flexibility index (Phi) is 4.13. The lowest BCUT2D eigenvalue weighted by atomic mass is 10.1. The van der Waals surface area contributed by atoms with E-state index in [1.807, 2.05) is 24.3 Å². The van der Waals surface area contributed by atoms with Crippen LogP contribution in [0.2, 0.25) is 0 Å². The third-order valence-electron chi connectivity index (χ3n) is 4.36. The highest BCUT2D eigenvalue weighted by atomic mass is 19.1. The Morgan fingerprint density at radius 3 is 2.73 bits per heavy atom. The fraction of sp³-hybridized carbons (Fsp3) is 0.143. The molecule has 2 aliphatic heterocycles. The van der Waals surface area contributed by atoms with Gasteiger partial charge in [0.05, 0.1) is 24.4 Å². The molecule has 0 bridgehead atoms. The van der Waals surface area contributed by atoms with Gasteiger partial charge in [-0.2, -0.15) is 0 Å². The first kappa shape index (κ1) is 16.3. The molecular formula is C21H17FN2O2. The average Bonchev–Trinajstić information content (AvgIpc) is 3.00. The van der Waals surface area contributed by atoms with Crippen LogP contribution in [0.4, 0.5) is 4.39 Å². The van der Waals surface area contributed by atoms with Crippen molar-refractivity contribution in [3.63, 3.8) is 0 Å². The van der Waals surface area contributed by atoms with Gasteiger partial charge in [-0.25, -0.2) is 14.2 Å². The molecule has 0 saturated heterocycles. The number of nitrogens with zero attached hydrogens (tertiary/aromatic N) is 2. The Morgan fingerprint density at radius 1 is 1.15 bits per heavy atom. The van der Waals surface area contributed by atoms with Crippen molar-refractivity contribution in [3.8, 4) is 11.3 Å². The summed E-state index contributed by atoms with van der Waals surface area (Å²) < 4.78 is 21.0. The number of hydrogen-bond acceptors (Lipinski definition) is 3. The first-order valence-corrected chi connectivity index (χ1v) is 8.46. The van der Waals surface area contributed by atoms with E-state index in [2.05, 4.69) is 4.98 Å². The van der Waals surface area contributed by atoms with Gasteiger partial charge >= 0.3 is 5.97 Å². The van der Waals surface area contributed by atoms with E-state index in [4.69, 9.17) is 4.74 Å². The van der Waals surface area contributed by atoms with E-state index in [1.165, 1.54) is 6.07 Å². The molecule has 0 aromatic heterocycles. The van der Waals surface area contributed by atoms with Crippen molar-refractivity contribution in [2.45, 2.75) is 13.5 Å². The zero-order chi connectivity index (χ0) is 18.1. The van der Waals surface area contributed by atoms with E-state index >= 15 is 0 Å². The average molecular weight is 348 g/mol. The summed E-state index contributed by atoms with van der Waals surface area (Å²) >= 11 is 0. The molecule has 0 N–H and O–H groups in total. The monoisotopic (exact) mass is 348 g/mol. The number of aromatic nitrogens is 2. The summed E-state index contributed by atoms with van der Waals surface area (Å²) in [6.07, 6.45) is 1.79. The number of hydrogen-bond donors (Lipinski definition) is 0. The number of pyridine rings is 1. The minimum absolute atomic E-state index is 0.222. The number of para-hydroxylation sites is 1. The summed E-state index contributed by atoms with van der Waals surface area (Å²) in [6, 6.07) is 16.1. The SMILES string of the molecule is CCOC(=O)c1cc2c3ccccc3nc-2cn1Cc1ccccc1F. The molecule has 130 valence electrons. The topological polar surface area (TPSA) is 44.1 Å². The zero-order valence-electron chi connectivity index (χ0n) is 14.3. The normalized spacial score (nSPS) is 11.2. The Labute approximate surface area is 150 Å². The molecule has 0 atom stereocenters. The molecule has 0 aliphatic carbocycles. The van der Waals surface area contributed by atoms with Crippen molar-refractivity contribution in [3.05, 3.63) is 77.9 Å². The van der Waals surface area contributed by atoms with Crippen LogP contribution in [0, 0.1) is 5.82 Å². The molecular weight excluding hydrogens is 331 g/mol. The van der Waals surface area contributed by atoms with E-state index in [-0.39, 0.29) is 19.0 Å². The van der Waals surface area contributed by atoms with Crippen LogP contribution in [0.1, 0.15) is 23.0 Å². The lowest BCUT2D eigenvalue weighted by Crippen LogP contribution is -2.16. The van der Waals surface area contributed by atoms with Gasteiger partial charge in [-0.1, -0.05) is 36.4 Å². The van der Waals surface area contributed by atoms with Crippen molar-refractivity contribution in [2.75, 3.05) is 6.61 Å². The standard InChI is InChI=1S/C21H17FN2O2/c1-2-26-21(25)20-11-16-15-8-4-6-10-18(15)23-19(16)13-24(20)12-14-7-3-5-9-17(14)22/h3-11,13H,2,12H2,1H3. The molecule has 4 nitrogen and oxygen atoms in total. The van der Waals surface area contributed by atoms with E-state index in [0.717, 1.165) is 22.2 Å². The van der Waals surface area contributed by atoms with Gasteiger partial charge in [0.2, 0.25) is 0 Å². The molecule has 0 radical (unpaired) electrons. The molecule has 0 amide bonds. The minimum atomic E-state index is -0.434. The number of rotatable bonds is 4. The largest absolute Gasteiger partial charge is 0.461 e. The summed E-state index contributed by atoms with van der Waals surface area (Å²) in [5.74, 6) is -0.744. The predicted octanol–water partition coefficient (Wildman–Crippen LogP) is 4.51. The van der Waals surface area contributed by atoms with E-state index in [9.17, 15) is 9.18 Å². The van der Waals surface area contributed by atoms with Gasteiger partial charge in [-0.3, -0.25) is 0 Å². The maximum atomic E-state index is 14.1. The Bertz CT molecular complexity index is 1070. The van der Waals surface area contributed by atoms with Crippen molar-refractivity contribution < 1.29 is 13.9 Å². The number of fused-ring (bicyclic) bond motifs is 3. The fourth-order valence-corrected chi connectivity index (χ4v) is 3.14. The molecule has 2 aromatic carbocycles. The molecule has 2 heterocycles. The van der Waals surface area contributed by atoms with E-state index < -0.39 is 5.97 Å². The van der Waals surface area contributed by atoms with Crippen LogP contribution in [0.3, 0.4) is 0 Å². The number of esters is 1. The van der Waals surface area contributed by atoms with Crippen molar-refractivity contribution in [2.24, 2.45) is 0 Å². The van der Waals surface area contributed by atoms with Gasteiger partial charge in [0.25, 0.3) is 0 Å². The van der Waals surface area contributed by atoms with Crippen LogP contribution in [0.25, 0.3) is 22.2 Å². The first-order valence-electron chi connectivity index (χ1n) is 8.46. The van der Waals surface area contributed by atoms with E-state index in [1.54, 1.807) is 42.0 Å². The van der Waals surface area contributed by atoms with Crippen LogP contribution in [-0.2, 0) is 11.3 Å².